The molecule has 72 valence electrons. The van der Waals surface area contributed by atoms with Crippen molar-refractivity contribution in [3.63, 3.8) is 0 Å². The molecule has 0 aliphatic heterocycles. The van der Waals surface area contributed by atoms with Crippen molar-refractivity contribution in [1.82, 2.24) is 4.98 Å². The fourth-order valence-electron chi connectivity index (χ4n) is 1.19. The Labute approximate surface area is 95.0 Å². The van der Waals surface area contributed by atoms with Gasteiger partial charge in [-0.15, -0.1) is 0 Å². The molecule has 1 aromatic heterocycles. The molecule has 0 aliphatic rings. The molecule has 2 nitrogen and oxygen atoms in total. The van der Waals surface area contributed by atoms with Gasteiger partial charge >= 0.3 is 0 Å². The Morgan fingerprint density at radius 3 is 2.43 bits per heavy atom. The van der Waals surface area contributed by atoms with Crippen molar-refractivity contribution in [1.29, 1.82) is 0 Å². The van der Waals surface area contributed by atoms with Gasteiger partial charge in [-0.3, -0.25) is 0 Å². The van der Waals surface area contributed by atoms with Crippen LogP contribution in [0.25, 0.3) is 11.3 Å². The summed E-state index contributed by atoms with van der Waals surface area (Å²) in [5, 5.41) is 0.713. The summed E-state index contributed by atoms with van der Waals surface area (Å²) in [6, 6.07) is 7.47. The molecule has 4 heteroatoms. The van der Waals surface area contributed by atoms with E-state index in [0.717, 1.165) is 11.3 Å². The lowest BCUT2D eigenvalue weighted by Gasteiger charge is -1.95. The highest BCUT2D eigenvalue weighted by atomic mass is 79.9. The number of hydrogen-bond donors (Lipinski definition) is 0. The molecule has 0 spiro atoms. The number of rotatable bonds is 1. The summed E-state index contributed by atoms with van der Waals surface area (Å²) >= 11 is 9.10. The van der Waals surface area contributed by atoms with Gasteiger partial charge in [0.1, 0.15) is 5.69 Å². The third-order valence-electron chi connectivity index (χ3n) is 1.81. The molecule has 0 saturated carbocycles. The highest BCUT2D eigenvalue weighted by Crippen LogP contribution is 2.28. The van der Waals surface area contributed by atoms with Gasteiger partial charge in [0.25, 0.3) is 0 Å². The Morgan fingerprint density at radius 1 is 1.29 bits per heavy atom. The van der Waals surface area contributed by atoms with Crippen LogP contribution >= 0.6 is 27.5 Å². The van der Waals surface area contributed by atoms with E-state index in [1.165, 1.54) is 0 Å². The molecule has 2 rings (SSSR count). The summed E-state index contributed by atoms with van der Waals surface area (Å²) < 4.78 is 5.92. The first-order valence-corrected chi connectivity index (χ1v) is 5.23. The summed E-state index contributed by atoms with van der Waals surface area (Å²) in [7, 11) is 0. The SMILES string of the molecule is Cc1nc(-c2ccc(Cl)cc2)c(Br)o1. The van der Waals surface area contributed by atoms with Crippen LogP contribution in [0.1, 0.15) is 5.89 Å². The van der Waals surface area contributed by atoms with Crippen molar-refractivity contribution >= 4 is 27.5 Å². The summed E-state index contributed by atoms with van der Waals surface area (Å²) in [6.07, 6.45) is 0. The molecule has 0 N–H and O–H groups in total. The molecule has 0 fully saturated rings. The van der Waals surface area contributed by atoms with Gasteiger partial charge in [0.15, 0.2) is 10.6 Å². The maximum Gasteiger partial charge on any atom is 0.197 e. The van der Waals surface area contributed by atoms with E-state index in [-0.39, 0.29) is 0 Å². The lowest BCUT2D eigenvalue weighted by atomic mass is 10.2. The van der Waals surface area contributed by atoms with Gasteiger partial charge in [-0.1, -0.05) is 23.7 Å². The average molecular weight is 273 g/mol. The lowest BCUT2D eigenvalue weighted by Crippen LogP contribution is -1.78. The minimum atomic E-state index is 0.641. The lowest BCUT2D eigenvalue weighted by molar-refractivity contribution is 0.500. The largest absolute Gasteiger partial charge is 0.434 e. The first kappa shape index (κ1) is 9.74. The quantitative estimate of drug-likeness (QED) is 0.782. The van der Waals surface area contributed by atoms with E-state index < -0.39 is 0 Å². The van der Waals surface area contributed by atoms with Gasteiger partial charge in [-0.25, -0.2) is 4.98 Å². The highest BCUT2D eigenvalue weighted by Gasteiger charge is 2.09. The first-order valence-electron chi connectivity index (χ1n) is 4.05. The third-order valence-corrected chi connectivity index (χ3v) is 2.60. The number of benzene rings is 1. The van der Waals surface area contributed by atoms with Crippen LogP contribution in [-0.2, 0) is 0 Å². The molecule has 14 heavy (non-hydrogen) atoms. The van der Waals surface area contributed by atoms with Crippen LogP contribution in [0.3, 0.4) is 0 Å². The molecule has 2 aromatic rings. The van der Waals surface area contributed by atoms with Crippen LogP contribution < -0.4 is 0 Å². The Hall–Kier alpha value is -0.800. The first-order chi connectivity index (χ1) is 6.66. The number of aryl methyl sites for hydroxylation is 1. The molecule has 0 radical (unpaired) electrons. The fourth-order valence-corrected chi connectivity index (χ4v) is 1.87. The fraction of sp³-hybridized carbons (Fsp3) is 0.100. The maximum absolute atomic E-state index is 5.79. The minimum absolute atomic E-state index is 0.641. The van der Waals surface area contributed by atoms with E-state index in [2.05, 4.69) is 20.9 Å². The Balaban J connectivity index is 2.49. The van der Waals surface area contributed by atoms with Crippen molar-refractivity contribution in [2.24, 2.45) is 0 Å². The van der Waals surface area contributed by atoms with Crippen LogP contribution in [0, 0.1) is 6.92 Å². The van der Waals surface area contributed by atoms with Gasteiger partial charge in [0.05, 0.1) is 0 Å². The van der Waals surface area contributed by atoms with Crippen LogP contribution in [0.5, 0.6) is 0 Å². The number of oxazole rings is 1. The molecule has 0 aliphatic carbocycles. The van der Waals surface area contributed by atoms with E-state index >= 15 is 0 Å². The van der Waals surface area contributed by atoms with Crippen LogP contribution in [0.15, 0.2) is 33.4 Å². The predicted molar refractivity (Wildman–Crippen MR) is 59.4 cm³/mol. The Kier molecular flexibility index (Phi) is 2.61. The zero-order valence-electron chi connectivity index (χ0n) is 7.42. The topological polar surface area (TPSA) is 26.0 Å². The van der Waals surface area contributed by atoms with Crippen molar-refractivity contribution in [2.45, 2.75) is 6.92 Å². The summed E-state index contributed by atoms with van der Waals surface area (Å²) in [5.41, 5.74) is 1.79. The molecular weight excluding hydrogens is 265 g/mol. The highest BCUT2D eigenvalue weighted by molar-refractivity contribution is 9.10. The second-order valence-electron chi connectivity index (χ2n) is 2.86. The number of nitrogens with zero attached hydrogens (tertiary/aromatic N) is 1. The normalized spacial score (nSPS) is 10.5. The minimum Gasteiger partial charge on any atom is -0.434 e. The van der Waals surface area contributed by atoms with E-state index in [9.17, 15) is 0 Å². The van der Waals surface area contributed by atoms with Gasteiger partial charge in [-0.2, -0.15) is 0 Å². The second-order valence-corrected chi connectivity index (χ2v) is 4.02. The monoisotopic (exact) mass is 271 g/mol. The van der Waals surface area contributed by atoms with E-state index in [1.54, 1.807) is 0 Å². The molecule has 0 amide bonds. The molecular formula is C10H7BrClNO. The standard InChI is InChI=1S/C10H7BrClNO/c1-6-13-9(10(11)14-6)7-2-4-8(12)5-3-7/h2-5H,1H3. The van der Waals surface area contributed by atoms with Crippen molar-refractivity contribution in [2.75, 3.05) is 0 Å². The second kappa shape index (κ2) is 3.75. The van der Waals surface area contributed by atoms with E-state index in [4.69, 9.17) is 16.0 Å². The number of hydrogen-bond acceptors (Lipinski definition) is 2. The number of halogens is 2. The summed E-state index contributed by atoms with van der Waals surface area (Å²) in [5.74, 6) is 0.641. The van der Waals surface area contributed by atoms with Gasteiger partial charge in [0, 0.05) is 17.5 Å². The third kappa shape index (κ3) is 1.83. The maximum atomic E-state index is 5.79. The smallest absolute Gasteiger partial charge is 0.197 e. The summed E-state index contributed by atoms with van der Waals surface area (Å²) in [6.45, 7) is 1.81. The van der Waals surface area contributed by atoms with E-state index in [0.29, 0.717) is 15.6 Å². The zero-order valence-corrected chi connectivity index (χ0v) is 9.76. The Bertz CT molecular complexity index is 450. The molecule has 0 atom stereocenters. The molecule has 0 bridgehead atoms. The molecule has 1 heterocycles. The zero-order chi connectivity index (χ0) is 10.1. The average Bonchev–Trinajstić information content (AvgIpc) is 2.47. The molecule has 0 saturated heterocycles. The van der Waals surface area contributed by atoms with Crippen molar-refractivity contribution in [3.8, 4) is 11.3 Å². The molecule has 1 aromatic carbocycles. The van der Waals surface area contributed by atoms with Crippen molar-refractivity contribution in [3.05, 3.63) is 39.8 Å². The van der Waals surface area contributed by atoms with Crippen LogP contribution in [-0.4, -0.2) is 4.98 Å². The van der Waals surface area contributed by atoms with Gasteiger partial charge in [-0.05, 0) is 28.1 Å². The van der Waals surface area contributed by atoms with Crippen molar-refractivity contribution < 1.29 is 4.42 Å². The van der Waals surface area contributed by atoms with Crippen LogP contribution in [0.4, 0.5) is 0 Å². The van der Waals surface area contributed by atoms with Crippen LogP contribution in [0.2, 0.25) is 5.02 Å². The Morgan fingerprint density at radius 2 is 1.93 bits per heavy atom. The van der Waals surface area contributed by atoms with Gasteiger partial charge in [0.2, 0.25) is 0 Å². The molecule has 0 unspecified atom stereocenters. The van der Waals surface area contributed by atoms with Gasteiger partial charge < -0.3 is 4.42 Å². The summed E-state index contributed by atoms with van der Waals surface area (Å²) in [4.78, 5) is 4.25. The number of aromatic nitrogens is 1. The van der Waals surface area contributed by atoms with E-state index in [1.807, 2.05) is 31.2 Å². The predicted octanol–water partition coefficient (Wildman–Crippen LogP) is 4.07.